The molecule has 9 heteroatoms. The Hall–Kier alpha value is -3.07. The van der Waals surface area contributed by atoms with Crippen LogP contribution in [-0.2, 0) is 14.8 Å². The predicted molar refractivity (Wildman–Crippen MR) is 108 cm³/mol. The van der Waals surface area contributed by atoms with E-state index in [2.05, 4.69) is 0 Å². The van der Waals surface area contributed by atoms with E-state index >= 15 is 0 Å². The summed E-state index contributed by atoms with van der Waals surface area (Å²) in [5, 5.41) is 8.98. The molecular formula is C20H22N2O6S. The molecule has 1 aliphatic heterocycles. The first-order chi connectivity index (χ1) is 13.5. The Balaban J connectivity index is 2.04. The molecule has 3 rings (SSSR count). The first-order valence-electron chi connectivity index (χ1n) is 9.00. The molecule has 0 saturated carbocycles. The lowest BCUT2D eigenvalue weighted by atomic mass is 10.0. The largest absolute Gasteiger partial charge is 0.479 e. The van der Waals surface area contributed by atoms with Crippen molar-refractivity contribution < 1.29 is 27.9 Å². The van der Waals surface area contributed by atoms with Gasteiger partial charge in [-0.3, -0.25) is 4.90 Å². The zero-order valence-corrected chi connectivity index (χ0v) is 17.3. The highest BCUT2D eigenvalue weighted by Gasteiger charge is 2.41. The van der Waals surface area contributed by atoms with Crippen LogP contribution in [0.15, 0.2) is 47.4 Å². The Labute approximate surface area is 169 Å². The fraction of sp³-hybridized carbons (Fsp3) is 0.300. The van der Waals surface area contributed by atoms with Crippen molar-refractivity contribution in [3.63, 3.8) is 0 Å². The van der Waals surface area contributed by atoms with E-state index in [1.807, 2.05) is 13.8 Å². The second kappa shape index (κ2) is 7.40. The molecule has 1 atom stereocenters. The summed E-state index contributed by atoms with van der Waals surface area (Å²) in [6, 6.07) is 10.1. The Morgan fingerprint density at radius 1 is 1.07 bits per heavy atom. The number of nitrogens with zero attached hydrogens (tertiary/aromatic N) is 2. The number of carboxylic acid groups (broad SMARTS) is 1. The standard InChI is InChI=1S/C20H22N2O6S/c1-12(2)14-5-7-15(8-6-14)22-20(25)21(4)17-11-16(28-13(3)19(23)24)9-10-18(17)29(22,26)27/h5-13H,1-4H3,(H,23,24)/t13-/m1/s1. The molecule has 0 spiro atoms. The molecule has 0 unspecified atom stereocenters. The fourth-order valence-electron chi connectivity index (χ4n) is 2.99. The predicted octanol–water partition coefficient (Wildman–Crippen LogP) is 3.43. The van der Waals surface area contributed by atoms with Crippen LogP contribution >= 0.6 is 0 Å². The Morgan fingerprint density at radius 3 is 2.24 bits per heavy atom. The van der Waals surface area contributed by atoms with Crippen molar-refractivity contribution in [3.8, 4) is 5.75 Å². The van der Waals surface area contributed by atoms with Crippen LogP contribution < -0.4 is 13.9 Å². The third-order valence-electron chi connectivity index (χ3n) is 4.73. The van der Waals surface area contributed by atoms with Crippen molar-refractivity contribution in [2.45, 2.75) is 37.7 Å². The lowest BCUT2D eigenvalue weighted by Gasteiger charge is -2.34. The summed E-state index contributed by atoms with van der Waals surface area (Å²) in [5.41, 5.74) is 1.40. The zero-order chi connectivity index (χ0) is 21.5. The van der Waals surface area contributed by atoms with Gasteiger partial charge < -0.3 is 9.84 Å². The molecule has 154 valence electrons. The number of fused-ring (bicyclic) bond motifs is 1. The van der Waals surface area contributed by atoms with Crippen molar-refractivity contribution in [1.29, 1.82) is 0 Å². The van der Waals surface area contributed by atoms with E-state index < -0.39 is 28.1 Å². The first-order valence-corrected chi connectivity index (χ1v) is 10.4. The highest BCUT2D eigenvalue weighted by Crippen LogP contribution is 2.38. The lowest BCUT2D eigenvalue weighted by Crippen LogP contribution is -2.49. The number of carboxylic acids is 1. The van der Waals surface area contributed by atoms with Crippen LogP contribution in [0.4, 0.5) is 16.2 Å². The summed E-state index contributed by atoms with van der Waals surface area (Å²) in [4.78, 5) is 25.0. The number of urea groups is 1. The number of anilines is 2. The summed E-state index contributed by atoms with van der Waals surface area (Å²) in [7, 11) is -2.69. The molecule has 1 aliphatic rings. The van der Waals surface area contributed by atoms with Gasteiger partial charge in [-0.25, -0.2) is 18.0 Å². The minimum absolute atomic E-state index is 0.0668. The topological polar surface area (TPSA) is 104 Å². The van der Waals surface area contributed by atoms with Crippen molar-refractivity contribution in [1.82, 2.24) is 0 Å². The van der Waals surface area contributed by atoms with Crippen LogP contribution in [-0.4, -0.2) is 38.7 Å². The number of hydrogen-bond acceptors (Lipinski definition) is 5. The van der Waals surface area contributed by atoms with Crippen LogP contribution in [0.5, 0.6) is 5.75 Å². The van der Waals surface area contributed by atoms with E-state index in [0.717, 1.165) is 9.87 Å². The smallest absolute Gasteiger partial charge is 0.344 e. The van der Waals surface area contributed by atoms with Crippen LogP contribution in [0.3, 0.4) is 0 Å². The number of amides is 2. The maximum Gasteiger partial charge on any atom is 0.344 e. The second-order valence-corrected chi connectivity index (χ2v) is 8.84. The van der Waals surface area contributed by atoms with Gasteiger partial charge in [0.15, 0.2) is 6.10 Å². The van der Waals surface area contributed by atoms with Crippen LogP contribution in [0.1, 0.15) is 32.3 Å². The number of sulfonamides is 1. The summed E-state index contributed by atoms with van der Waals surface area (Å²) >= 11 is 0. The van der Waals surface area contributed by atoms with Crippen LogP contribution in [0.2, 0.25) is 0 Å². The Bertz CT molecular complexity index is 1060. The third-order valence-corrected chi connectivity index (χ3v) is 6.47. The molecule has 0 aromatic heterocycles. The quantitative estimate of drug-likeness (QED) is 0.798. The van der Waals surface area contributed by atoms with Crippen LogP contribution in [0, 0.1) is 0 Å². The van der Waals surface area contributed by atoms with Gasteiger partial charge in [0, 0.05) is 13.1 Å². The number of aliphatic carboxylic acids is 1. The van der Waals surface area contributed by atoms with Gasteiger partial charge in [0.1, 0.15) is 10.6 Å². The highest BCUT2D eigenvalue weighted by atomic mass is 32.2. The van der Waals surface area contributed by atoms with E-state index in [0.29, 0.717) is 0 Å². The maximum atomic E-state index is 13.2. The molecule has 0 fully saturated rings. The van der Waals surface area contributed by atoms with Gasteiger partial charge in [-0.1, -0.05) is 26.0 Å². The Kier molecular flexibility index (Phi) is 5.27. The first kappa shape index (κ1) is 20.7. The highest BCUT2D eigenvalue weighted by molar-refractivity contribution is 7.94. The number of carbonyl (C=O) groups excluding carboxylic acids is 1. The zero-order valence-electron chi connectivity index (χ0n) is 16.5. The summed E-state index contributed by atoms with van der Waals surface area (Å²) in [5.74, 6) is -0.730. The van der Waals surface area contributed by atoms with Gasteiger partial charge in [-0.05, 0) is 42.7 Å². The number of ether oxygens (including phenoxy) is 1. The molecule has 0 radical (unpaired) electrons. The summed E-state index contributed by atoms with van der Waals surface area (Å²) in [6.45, 7) is 5.40. The molecule has 0 aliphatic carbocycles. The maximum absolute atomic E-state index is 13.2. The second-order valence-electron chi connectivity index (χ2n) is 7.09. The molecular weight excluding hydrogens is 396 g/mol. The lowest BCUT2D eigenvalue weighted by molar-refractivity contribution is -0.144. The molecule has 1 N–H and O–H groups in total. The molecule has 29 heavy (non-hydrogen) atoms. The van der Waals surface area contributed by atoms with Gasteiger partial charge in [-0.2, -0.15) is 4.31 Å². The Morgan fingerprint density at radius 2 is 1.69 bits per heavy atom. The number of carbonyl (C=O) groups is 2. The molecule has 2 aromatic rings. The van der Waals surface area contributed by atoms with E-state index in [-0.39, 0.29) is 27.9 Å². The van der Waals surface area contributed by atoms with Crippen LogP contribution in [0.25, 0.3) is 0 Å². The SMILES string of the molecule is CC(C)c1ccc(N2C(=O)N(C)c3cc(O[C@H](C)C(=O)O)ccc3S2(=O)=O)cc1. The molecule has 0 bridgehead atoms. The van der Waals surface area contributed by atoms with E-state index in [9.17, 15) is 18.0 Å². The van der Waals surface area contributed by atoms with Gasteiger partial charge in [0.25, 0.3) is 10.0 Å². The summed E-state index contributed by atoms with van der Waals surface area (Å²) < 4.78 is 32.4. The van der Waals surface area contributed by atoms with Gasteiger partial charge in [-0.15, -0.1) is 0 Å². The van der Waals surface area contributed by atoms with Gasteiger partial charge >= 0.3 is 12.0 Å². The molecule has 1 heterocycles. The minimum atomic E-state index is -4.14. The molecule has 8 nitrogen and oxygen atoms in total. The summed E-state index contributed by atoms with van der Waals surface area (Å²) in [6.07, 6.45) is -1.12. The van der Waals surface area contributed by atoms with Crippen molar-refractivity contribution >= 4 is 33.4 Å². The molecule has 2 amide bonds. The van der Waals surface area contributed by atoms with Gasteiger partial charge in [0.05, 0.1) is 11.4 Å². The average Bonchev–Trinajstić information content (AvgIpc) is 2.66. The monoisotopic (exact) mass is 418 g/mol. The molecule has 0 saturated heterocycles. The average molecular weight is 418 g/mol. The molecule has 2 aromatic carbocycles. The number of hydrogen-bond donors (Lipinski definition) is 1. The van der Waals surface area contributed by atoms with Crippen molar-refractivity contribution in [2.24, 2.45) is 0 Å². The number of rotatable bonds is 5. The third kappa shape index (κ3) is 3.65. The van der Waals surface area contributed by atoms with E-state index in [1.165, 1.54) is 37.1 Å². The number of benzene rings is 2. The normalized spacial score (nSPS) is 16.5. The van der Waals surface area contributed by atoms with E-state index in [1.54, 1.807) is 24.3 Å². The minimum Gasteiger partial charge on any atom is -0.479 e. The van der Waals surface area contributed by atoms with E-state index in [4.69, 9.17) is 9.84 Å². The fourth-order valence-corrected chi connectivity index (χ4v) is 4.61. The van der Waals surface area contributed by atoms with Crippen molar-refractivity contribution in [2.75, 3.05) is 16.3 Å². The van der Waals surface area contributed by atoms with Crippen molar-refractivity contribution in [3.05, 3.63) is 48.0 Å². The van der Waals surface area contributed by atoms with Gasteiger partial charge in [0.2, 0.25) is 0 Å².